The Labute approximate surface area is 175 Å². The molecule has 2 aromatic rings. The molecule has 1 aliphatic rings. The van der Waals surface area contributed by atoms with Gasteiger partial charge >= 0.3 is 6.18 Å². The topological polar surface area (TPSA) is 73.2 Å². The molecule has 1 saturated heterocycles. The molecule has 0 unspecified atom stereocenters. The number of alkyl halides is 3. The number of amides is 2. The van der Waals surface area contributed by atoms with Gasteiger partial charge in [-0.25, -0.2) is 0 Å². The van der Waals surface area contributed by atoms with Gasteiger partial charge in [-0.15, -0.1) is 0 Å². The minimum Gasteiger partial charge on any atom is -0.321 e. The SMILES string of the molecule is Cc1ccc(C)c(NC(=O)C(C#N)=C2SCC(=O)N2c2ccccc2C(F)(F)F)c1. The molecular weight excluding hydrogens is 415 g/mol. The van der Waals surface area contributed by atoms with Crippen molar-refractivity contribution in [1.82, 2.24) is 0 Å². The van der Waals surface area contributed by atoms with Crippen molar-refractivity contribution in [3.63, 3.8) is 0 Å². The summed E-state index contributed by atoms with van der Waals surface area (Å²) in [5, 5.41) is 12.1. The second kappa shape index (κ2) is 8.24. The Balaban J connectivity index is 2.07. The van der Waals surface area contributed by atoms with Crippen LogP contribution in [0.15, 0.2) is 53.1 Å². The van der Waals surface area contributed by atoms with Gasteiger partial charge in [0.05, 0.1) is 17.0 Å². The van der Waals surface area contributed by atoms with Crippen molar-refractivity contribution in [1.29, 1.82) is 5.26 Å². The number of hydrogen-bond donors (Lipinski definition) is 1. The number of rotatable bonds is 3. The molecule has 0 spiro atoms. The first-order valence-electron chi connectivity index (χ1n) is 8.78. The van der Waals surface area contributed by atoms with Crippen molar-refractivity contribution in [2.24, 2.45) is 0 Å². The average molecular weight is 431 g/mol. The zero-order valence-electron chi connectivity index (χ0n) is 16.0. The van der Waals surface area contributed by atoms with E-state index in [9.17, 15) is 28.0 Å². The summed E-state index contributed by atoms with van der Waals surface area (Å²) in [5.74, 6) is -1.61. The number of anilines is 2. The van der Waals surface area contributed by atoms with Crippen molar-refractivity contribution in [3.05, 3.63) is 69.8 Å². The molecule has 30 heavy (non-hydrogen) atoms. The van der Waals surface area contributed by atoms with Crippen molar-refractivity contribution in [2.75, 3.05) is 16.0 Å². The van der Waals surface area contributed by atoms with E-state index >= 15 is 0 Å². The number of nitrogens with one attached hydrogen (secondary N) is 1. The minimum absolute atomic E-state index is 0.123. The number of carbonyl (C=O) groups is 2. The fourth-order valence-electron chi connectivity index (χ4n) is 2.96. The van der Waals surface area contributed by atoms with Crippen LogP contribution in [0.3, 0.4) is 0 Å². The van der Waals surface area contributed by atoms with E-state index in [1.54, 1.807) is 25.1 Å². The van der Waals surface area contributed by atoms with Gasteiger partial charge in [0, 0.05) is 5.69 Å². The van der Waals surface area contributed by atoms with E-state index < -0.39 is 34.8 Å². The molecule has 0 aliphatic carbocycles. The summed E-state index contributed by atoms with van der Waals surface area (Å²) in [4.78, 5) is 26.0. The van der Waals surface area contributed by atoms with Crippen LogP contribution >= 0.6 is 11.8 Å². The molecular formula is C21H16F3N3O2S. The number of carbonyl (C=O) groups excluding carboxylic acids is 2. The van der Waals surface area contributed by atoms with Gasteiger partial charge in [-0.1, -0.05) is 36.0 Å². The van der Waals surface area contributed by atoms with Gasteiger partial charge in [0.1, 0.15) is 16.7 Å². The Morgan fingerprint density at radius 2 is 1.90 bits per heavy atom. The van der Waals surface area contributed by atoms with E-state index in [4.69, 9.17) is 0 Å². The van der Waals surface area contributed by atoms with Gasteiger partial charge in [-0.3, -0.25) is 14.5 Å². The van der Waals surface area contributed by atoms with Gasteiger partial charge in [0.25, 0.3) is 5.91 Å². The highest BCUT2D eigenvalue weighted by Crippen LogP contribution is 2.42. The lowest BCUT2D eigenvalue weighted by molar-refractivity contribution is -0.137. The molecule has 1 N–H and O–H groups in total. The number of nitrogens with zero attached hydrogens (tertiary/aromatic N) is 2. The first kappa shape index (κ1) is 21.5. The van der Waals surface area contributed by atoms with Crippen LogP contribution in [0.1, 0.15) is 16.7 Å². The highest BCUT2D eigenvalue weighted by atomic mass is 32.2. The number of nitriles is 1. The molecule has 9 heteroatoms. The largest absolute Gasteiger partial charge is 0.418 e. The molecule has 1 heterocycles. The molecule has 154 valence electrons. The van der Waals surface area contributed by atoms with E-state index in [1.807, 2.05) is 13.0 Å². The lowest BCUT2D eigenvalue weighted by Crippen LogP contribution is -2.29. The third kappa shape index (κ3) is 4.19. The number of benzene rings is 2. The van der Waals surface area contributed by atoms with Crippen molar-refractivity contribution < 1.29 is 22.8 Å². The zero-order valence-corrected chi connectivity index (χ0v) is 16.8. The van der Waals surface area contributed by atoms with Gasteiger partial charge in [-0.2, -0.15) is 18.4 Å². The predicted octanol–water partition coefficient (Wildman–Crippen LogP) is 4.78. The highest BCUT2D eigenvalue weighted by molar-refractivity contribution is 8.04. The van der Waals surface area contributed by atoms with Crippen LogP contribution in [-0.4, -0.2) is 17.6 Å². The lowest BCUT2D eigenvalue weighted by atomic mass is 10.1. The fraction of sp³-hybridized carbons (Fsp3) is 0.190. The first-order chi connectivity index (χ1) is 14.1. The number of para-hydroxylation sites is 1. The summed E-state index contributed by atoms with van der Waals surface area (Å²) in [7, 11) is 0. The standard InChI is InChI=1S/C21H16F3N3O2S/c1-12-7-8-13(2)16(9-12)26-19(29)14(10-25)20-27(18(28)11-30-20)17-6-4-3-5-15(17)21(22,23)24/h3-9H,11H2,1-2H3,(H,26,29). The molecule has 3 rings (SSSR count). The lowest BCUT2D eigenvalue weighted by Gasteiger charge is -2.22. The molecule has 2 amide bonds. The van der Waals surface area contributed by atoms with Crippen LogP contribution in [0.4, 0.5) is 24.5 Å². The molecule has 0 radical (unpaired) electrons. The third-order valence-corrected chi connectivity index (χ3v) is 5.48. The second-order valence-corrected chi connectivity index (χ2v) is 7.56. The van der Waals surface area contributed by atoms with E-state index in [0.29, 0.717) is 5.69 Å². The minimum atomic E-state index is -4.71. The summed E-state index contributed by atoms with van der Waals surface area (Å²) >= 11 is 0.857. The van der Waals surface area contributed by atoms with Gasteiger partial charge in [0.2, 0.25) is 5.91 Å². The smallest absolute Gasteiger partial charge is 0.321 e. The third-order valence-electron chi connectivity index (χ3n) is 4.43. The molecule has 1 aliphatic heterocycles. The van der Waals surface area contributed by atoms with E-state index in [1.165, 1.54) is 12.1 Å². The molecule has 0 aromatic heterocycles. The Bertz CT molecular complexity index is 1100. The molecule has 0 saturated carbocycles. The Morgan fingerprint density at radius 3 is 2.57 bits per heavy atom. The summed E-state index contributed by atoms with van der Waals surface area (Å²) in [6.07, 6.45) is -4.71. The molecule has 1 fully saturated rings. The maximum atomic E-state index is 13.5. The average Bonchev–Trinajstić information content (AvgIpc) is 3.05. The Kier molecular flexibility index (Phi) is 5.89. The molecule has 5 nitrogen and oxygen atoms in total. The van der Waals surface area contributed by atoms with Crippen molar-refractivity contribution in [2.45, 2.75) is 20.0 Å². The summed E-state index contributed by atoms with van der Waals surface area (Å²) in [5.41, 5.74) is 0.250. The molecule has 2 aromatic carbocycles. The van der Waals surface area contributed by atoms with Crippen LogP contribution in [0.5, 0.6) is 0 Å². The van der Waals surface area contributed by atoms with E-state index in [-0.39, 0.29) is 10.8 Å². The van der Waals surface area contributed by atoms with E-state index in [0.717, 1.165) is 39.9 Å². The Hall–Kier alpha value is -3.25. The van der Waals surface area contributed by atoms with Crippen molar-refractivity contribution >= 4 is 35.0 Å². The molecule has 0 bridgehead atoms. The van der Waals surface area contributed by atoms with Gasteiger partial charge in [0.15, 0.2) is 0 Å². The van der Waals surface area contributed by atoms with Crippen LogP contribution in [0, 0.1) is 25.2 Å². The maximum Gasteiger partial charge on any atom is 0.418 e. The second-order valence-electron chi connectivity index (χ2n) is 6.60. The summed E-state index contributed by atoms with van der Waals surface area (Å²) in [6.45, 7) is 3.61. The molecule has 0 atom stereocenters. The number of halogens is 3. The number of thioether (sulfide) groups is 1. The summed E-state index contributed by atoms with van der Waals surface area (Å²) < 4.78 is 40.4. The number of aryl methyl sites for hydroxylation is 2. The van der Waals surface area contributed by atoms with Crippen LogP contribution < -0.4 is 10.2 Å². The van der Waals surface area contributed by atoms with Crippen LogP contribution in [0.25, 0.3) is 0 Å². The predicted molar refractivity (Wildman–Crippen MR) is 109 cm³/mol. The normalized spacial score (nSPS) is 15.7. The first-order valence-corrected chi connectivity index (χ1v) is 9.77. The zero-order chi connectivity index (χ0) is 22.1. The van der Waals surface area contributed by atoms with E-state index in [2.05, 4.69) is 5.32 Å². The fourth-order valence-corrected chi connectivity index (χ4v) is 3.96. The highest BCUT2D eigenvalue weighted by Gasteiger charge is 2.40. The summed E-state index contributed by atoms with van der Waals surface area (Å²) in [6, 6.07) is 11.7. The van der Waals surface area contributed by atoms with Crippen LogP contribution in [-0.2, 0) is 15.8 Å². The quantitative estimate of drug-likeness (QED) is 0.561. The van der Waals surface area contributed by atoms with Gasteiger partial charge < -0.3 is 5.32 Å². The van der Waals surface area contributed by atoms with Gasteiger partial charge in [-0.05, 0) is 43.2 Å². The van der Waals surface area contributed by atoms with Crippen LogP contribution in [0.2, 0.25) is 0 Å². The Morgan fingerprint density at radius 1 is 1.20 bits per heavy atom. The monoisotopic (exact) mass is 431 g/mol. The number of hydrogen-bond acceptors (Lipinski definition) is 4. The van der Waals surface area contributed by atoms with Crippen molar-refractivity contribution in [3.8, 4) is 6.07 Å². The maximum absolute atomic E-state index is 13.5.